The zero-order chi connectivity index (χ0) is 8.55. The number of hydrogen-bond acceptors (Lipinski definition) is 3. The third-order valence-corrected chi connectivity index (χ3v) is 1.77. The van der Waals surface area contributed by atoms with Crippen LogP contribution < -0.4 is 0 Å². The van der Waals surface area contributed by atoms with Gasteiger partial charge in [0.25, 0.3) is 0 Å². The van der Waals surface area contributed by atoms with Crippen molar-refractivity contribution in [3.8, 4) is 11.5 Å². The van der Waals surface area contributed by atoms with Gasteiger partial charge in [0.1, 0.15) is 12.0 Å². The first-order valence-electron chi connectivity index (χ1n) is 3.64. The van der Waals surface area contributed by atoms with E-state index in [1.165, 1.54) is 6.33 Å². The van der Waals surface area contributed by atoms with Gasteiger partial charge in [0.15, 0.2) is 5.82 Å². The molecule has 2 aromatic rings. The smallest absolute Gasteiger partial charge is 0.175 e. The van der Waals surface area contributed by atoms with E-state index < -0.39 is 0 Å². The second kappa shape index (κ2) is 2.44. The Morgan fingerprint density at radius 1 is 1.50 bits per heavy atom. The molecule has 0 spiro atoms. The van der Waals surface area contributed by atoms with Crippen LogP contribution in [0, 0.1) is 6.92 Å². The fraction of sp³-hybridized carbons (Fsp3) is 0.286. The average molecular weight is 163 g/mol. The molecule has 0 bridgehead atoms. The molecular weight excluding hydrogens is 154 g/mol. The summed E-state index contributed by atoms with van der Waals surface area (Å²) in [4.78, 5) is 4.00. The van der Waals surface area contributed by atoms with E-state index >= 15 is 0 Å². The minimum Gasteiger partial charge on any atom is -0.272 e. The van der Waals surface area contributed by atoms with Crippen LogP contribution in [0.4, 0.5) is 0 Å². The highest BCUT2D eigenvalue weighted by Gasteiger charge is 2.05. The molecule has 0 aliphatic heterocycles. The van der Waals surface area contributed by atoms with Gasteiger partial charge in [-0.2, -0.15) is 10.2 Å². The number of aromatic nitrogens is 5. The monoisotopic (exact) mass is 163 g/mol. The van der Waals surface area contributed by atoms with Gasteiger partial charge in [0, 0.05) is 12.7 Å². The first-order chi connectivity index (χ1) is 5.77. The minimum atomic E-state index is 0.707. The summed E-state index contributed by atoms with van der Waals surface area (Å²) < 4.78 is 1.80. The molecule has 62 valence electrons. The maximum atomic E-state index is 4.24. The lowest BCUT2D eigenvalue weighted by Crippen LogP contribution is -1.92. The van der Waals surface area contributed by atoms with Gasteiger partial charge in [-0.1, -0.05) is 0 Å². The molecule has 2 aromatic heterocycles. The number of aryl methyl sites for hydroxylation is 2. The number of rotatable bonds is 1. The van der Waals surface area contributed by atoms with E-state index in [1.807, 2.05) is 20.0 Å². The van der Waals surface area contributed by atoms with Crippen molar-refractivity contribution in [2.24, 2.45) is 7.05 Å². The van der Waals surface area contributed by atoms with Crippen molar-refractivity contribution in [2.75, 3.05) is 0 Å². The summed E-state index contributed by atoms with van der Waals surface area (Å²) in [7, 11) is 1.90. The Bertz CT molecular complexity index is 353. The molecule has 0 aromatic carbocycles. The molecule has 0 aliphatic carbocycles. The summed E-state index contributed by atoms with van der Waals surface area (Å²) in [6, 6.07) is 1.96. The van der Waals surface area contributed by atoms with Gasteiger partial charge < -0.3 is 0 Å². The molecule has 0 atom stereocenters. The highest BCUT2D eigenvalue weighted by atomic mass is 15.3. The molecule has 0 saturated heterocycles. The van der Waals surface area contributed by atoms with Crippen LogP contribution in [0.25, 0.3) is 11.5 Å². The van der Waals surface area contributed by atoms with E-state index in [2.05, 4.69) is 20.3 Å². The van der Waals surface area contributed by atoms with Crippen molar-refractivity contribution in [3.05, 3.63) is 18.1 Å². The zero-order valence-electron chi connectivity index (χ0n) is 6.94. The lowest BCUT2D eigenvalue weighted by Gasteiger charge is -1.88. The van der Waals surface area contributed by atoms with Crippen LogP contribution in [0.5, 0.6) is 0 Å². The molecule has 0 fully saturated rings. The largest absolute Gasteiger partial charge is 0.272 e. The molecule has 12 heavy (non-hydrogen) atoms. The normalized spacial score (nSPS) is 10.5. The topological polar surface area (TPSA) is 59.4 Å². The summed E-state index contributed by atoms with van der Waals surface area (Å²) in [5.41, 5.74) is 1.92. The number of aromatic amines is 1. The highest BCUT2D eigenvalue weighted by Crippen LogP contribution is 2.11. The number of H-pyrrole nitrogens is 1. The molecule has 0 aliphatic rings. The number of nitrogens with zero attached hydrogens (tertiary/aromatic N) is 4. The van der Waals surface area contributed by atoms with E-state index in [4.69, 9.17) is 0 Å². The number of hydrogen-bond donors (Lipinski definition) is 1. The Kier molecular flexibility index (Phi) is 1.43. The predicted octanol–water partition coefficient (Wildman–Crippen LogP) is 0.514. The Balaban J connectivity index is 2.48. The van der Waals surface area contributed by atoms with Crippen molar-refractivity contribution >= 4 is 0 Å². The molecule has 5 heteroatoms. The average Bonchev–Trinajstić information content (AvgIpc) is 2.61. The maximum Gasteiger partial charge on any atom is 0.175 e. The van der Waals surface area contributed by atoms with Gasteiger partial charge in [0.05, 0.1) is 0 Å². The zero-order valence-corrected chi connectivity index (χ0v) is 6.94. The quantitative estimate of drug-likeness (QED) is 0.666. The summed E-state index contributed by atoms with van der Waals surface area (Å²) in [5, 5.41) is 10.7. The van der Waals surface area contributed by atoms with Crippen LogP contribution >= 0.6 is 0 Å². The molecule has 0 unspecified atom stereocenters. The summed E-state index contributed by atoms with van der Waals surface area (Å²) in [6.07, 6.45) is 1.47. The highest BCUT2D eigenvalue weighted by molar-refractivity contribution is 5.48. The van der Waals surface area contributed by atoms with Crippen LogP contribution in [0.3, 0.4) is 0 Å². The molecule has 5 nitrogen and oxygen atoms in total. The minimum absolute atomic E-state index is 0.707. The Hall–Kier alpha value is -1.65. The van der Waals surface area contributed by atoms with Gasteiger partial charge in [-0.3, -0.25) is 9.78 Å². The lowest BCUT2D eigenvalue weighted by atomic mass is 10.3. The fourth-order valence-electron chi connectivity index (χ4n) is 1.01. The van der Waals surface area contributed by atoms with Crippen LogP contribution in [0.15, 0.2) is 12.4 Å². The molecule has 0 amide bonds. The fourth-order valence-corrected chi connectivity index (χ4v) is 1.01. The van der Waals surface area contributed by atoms with Crippen molar-refractivity contribution < 1.29 is 0 Å². The van der Waals surface area contributed by atoms with Gasteiger partial charge in [0.2, 0.25) is 0 Å². The molecule has 0 radical (unpaired) electrons. The standard InChI is InChI=1S/C7H9N5/c1-5-3-6(11-12(5)2)7-8-4-9-10-7/h3-4H,1-2H3,(H,8,9,10). The molecular formula is C7H9N5. The second-order valence-corrected chi connectivity index (χ2v) is 2.63. The summed E-state index contributed by atoms with van der Waals surface area (Å²) in [6.45, 7) is 1.99. The van der Waals surface area contributed by atoms with Gasteiger partial charge >= 0.3 is 0 Å². The van der Waals surface area contributed by atoms with E-state index in [-0.39, 0.29) is 0 Å². The first kappa shape index (κ1) is 7.02. The number of nitrogens with one attached hydrogen (secondary N) is 1. The van der Waals surface area contributed by atoms with Gasteiger partial charge in [-0.05, 0) is 13.0 Å². The molecule has 0 saturated carbocycles. The molecule has 2 rings (SSSR count). The predicted molar refractivity (Wildman–Crippen MR) is 43.3 cm³/mol. The van der Waals surface area contributed by atoms with Crippen molar-refractivity contribution in [1.29, 1.82) is 0 Å². The Morgan fingerprint density at radius 2 is 2.33 bits per heavy atom. The summed E-state index contributed by atoms with van der Waals surface area (Å²) >= 11 is 0. The SMILES string of the molecule is Cc1cc(-c2ncn[nH]2)nn1C. The van der Waals surface area contributed by atoms with Crippen LogP contribution in [-0.2, 0) is 7.05 Å². The summed E-state index contributed by atoms with van der Waals surface area (Å²) in [5.74, 6) is 0.707. The van der Waals surface area contributed by atoms with Crippen LogP contribution in [0.1, 0.15) is 5.69 Å². The van der Waals surface area contributed by atoms with Crippen molar-refractivity contribution in [3.63, 3.8) is 0 Å². The Morgan fingerprint density at radius 3 is 2.83 bits per heavy atom. The Labute approximate surface area is 69.4 Å². The maximum absolute atomic E-state index is 4.24. The van der Waals surface area contributed by atoms with E-state index in [0.717, 1.165) is 11.4 Å². The first-order valence-corrected chi connectivity index (χ1v) is 3.64. The van der Waals surface area contributed by atoms with E-state index in [1.54, 1.807) is 4.68 Å². The van der Waals surface area contributed by atoms with Gasteiger partial charge in [-0.25, -0.2) is 4.98 Å². The van der Waals surface area contributed by atoms with Crippen molar-refractivity contribution in [2.45, 2.75) is 6.92 Å². The molecule has 1 N–H and O–H groups in total. The lowest BCUT2D eigenvalue weighted by molar-refractivity contribution is 0.741. The third-order valence-electron chi connectivity index (χ3n) is 1.77. The van der Waals surface area contributed by atoms with E-state index in [0.29, 0.717) is 5.82 Å². The van der Waals surface area contributed by atoms with Crippen molar-refractivity contribution in [1.82, 2.24) is 25.0 Å². The molecule has 2 heterocycles. The van der Waals surface area contributed by atoms with E-state index in [9.17, 15) is 0 Å². The second-order valence-electron chi connectivity index (χ2n) is 2.63. The van der Waals surface area contributed by atoms with Crippen LogP contribution in [0.2, 0.25) is 0 Å². The van der Waals surface area contributed by atoms with Crippen LogP contribution in [-0.4, -0.2) is 25.0 Å². The third kappa shape index (κ3) is 0.990. The van der Waals surface area contributed by atoms with Gasteiger partial charge in [-0.15, -0.1) is 0 Å².